The summed E-state index contributed by atoms with van der Waals surface area (Å²) in [4.78, 5) is 4.69. The summed E-state index contributed by atoms with van der Waals surface area (Å²) in [6.07, 6.45) is 1.39. The Hall–Kier alpha value is -2.17. The molecule has 0 spiro atoms. The predicted octanol–water partition coefficient (Wildman–Crippen LogP) is 3.57. The van der Waals surface area contributed by atoms with E-state index < -0.39 is 6.10 Å². The Morgan fingerprint density at radius 3 is 2.62 bits per heavy atom. The van der Waals surface area contributed by atoms with Gasteiger partial charge in [-0.05, 0) is 24.1 Å². The fourth-order valence-corrected chi connectivity index (χ4v) is 2.89. The molecule has 0 radical (unpaired) electrons. The fraction of sp³-hybridized carbons (Fsp3) is 0.350. The lowest BCUT2D eigenvalue weighted by molar-refractivity contribution is 0.0205. The maximum absolute atomic E-state index is 10.4. The molecule has 0 saturated heterocycles. The molecule has 0 aliphatic heterocycles. The lowest BCUT2D eigenvalue weighted by Gasteiger charge is -2.15. The van der Waals surface area contributed by atoms with Gasteiger partial charge in [0.2, 0.25) is 0 Å². The van der Waals surface area contributed by atoms with Gasteiger partial charge in [-0.2, -0.15) is 0 Å². The van der Waals surface area contributed by atoms with E-state index in [1.807, 2.05) is 48.5 Å². The van der Waals surface area contributed by atoms with Crippen molar-refractivity contribution in [3.05, 3.63) is 66.0 Å². The molecule has 4 nitrogen and oxygen atoms in total. The van der Waals surface area contributed by atoms with E-state index in [0.29, 0.717) is 19.8 Å². The quantitative estimate of drug-likeness (QED) is 0.689. The van der Waals surface area contributed by atoms with Gasteiger partial charge in [-0.3, -0.25) is 0 Å². The number of imidazole rings is 1. The number of hydrogen-bond donors (Lipinski definition) is 1. The van der Waals surface area contributed by atoms with Gasteiger partial charge in [0.05, 0.1) is 36.9 Å². The van der Waals surface area contributed by atoms with E-state index in [4.69, 9.17) is 9.72 Å². The monoisotopic (exact) mass is 324 g/mol. The van der Waals surface area contributed by atoms with Crippen molar-refractivity contribution >= 4 is 11.0 Å². The Morgan fingerprint density at radius 1 is 1.08 bits per heavy atom. The van der Waals surface area contributed by atoms with Crippen LogP contribution >= 0.6 is 0 Å². The maximum atomic E-state index is 10.4. The van der Waals surface area contributed by atoms with Crippen LogP contribution in [0.15, 0.2) is 54.6 Å². The molecule has 1 N–H and O–H groups in total. The van der Waals surface area contributed by atoms with Gasteiger partial charge in [0.1, 0.15) is 5.82 Å². The first-order valence-corrected chi connectivity index (χ1v) is 8.51. The zero-order valence-corrected chi connectivity index (χ0v) is 14.1. The number of hydrogen-bond acceptors (Lipinski definition) is 3. The van der Waals surface area contributed by atoms with E-state index >= 15 is 0 Å². The van der Waals surface area contributed by atoms with Gasteiger partial charge < -0.3 is 14.4 Å². The second-order valence-corrected chi connectivity index (χ2v) is 6.03. The van der Waals surface area contributed by atoms with E-state index in [2.05, 4.69) is 17.6 Å². The third-order valence-electron chi connectivity index (χ3n) is 4.02. The van der Waals surface area contributed by atoms with Crippen molar-refractivity contribution in [2.45, 2.75) is 39.0 Å². The van der Waals surface area contributed by atoms with Gasteiger partial charge in [0.15, 0.2) is 0 Å². The highest BCUT2D eigenvalue weighted by molar-refractivity contribution is 5.75. The highest BCUT2D eigenvalue weighted by atomic mass is 16.5. The van der Waals surface area contributed by atoms with Crippen molar-refractivity contribution < 1.29 is 9.84 Å². The van der Waals surface area contributed by atoms with E-state index in [0.717, 1.165) is 35.3 Å². The SMILES string of the molecule is CCCc1nc2ccccc2n1C[C@H](O)COCc1ccccc1. The number of benzene rings is 2. The minimum atomic E-state index is -0.554. The van der Waals surface area contributed by atoms with Crippen molar-refractivity contribution in [2.75, 3.05) is 6.61 Å². The van der Waals surface area contributed by atoms with E-state index in [9.17, 15) is 5.11 Å². The van der Waals surface area contributed by atoms with Crippen LogP contribution < -0.4 is 0 Å². The molecule has 2 aromatic carbocycles. The first-order chi connectivity index (χ1) is 11.8. The number of rotatable bonds is 8. The topological polar surface area (TPSA) is 47.3 Å². The molecule has 0 bridgehead atoms. The van der Waals surface area contributed by atoms with E-state index in [1.165, 1.54) is 0 Å². The smallest absolute Gasteiger partial charge is 0.109 e. The van der Waals surface area contributed by atoms with Gasteiger partial charge >= 0.3 is 0 Å². The molecule has 0 saturated carbocycles. The normalized spacial score (nSPS) is 12.6. The number of aryl methyl sites for hydroxylation is 1. The van der Waals surface area contributed by atoms with Crippen LogP contribution in [0.1, 0.15) is 24.7 Å². The van der Waals surface area contributed by atoms with E-state index in [1.54, 1.807) is 0 Å². The average molecular weight is 324 g/mol. The summed E-state index contributed by atoms with van der Waals surface area (Å²) in [6, 6.07) is 18.1. The van der Waals surface area contributed by atoms with Crippen molar-refractivity contribution in [1.29, 1.82) is 0 Å². The molecule has 0 fully saturated rings. The largest absolute Gasteiger partial charge is 0.389 e. The number of aliphatic hydroxyl groups is 1. The number of fused-ring (bicyclic) bond motifs is 1. The molecule has 0 amide bonds. The Balaban J connectivity index is 1.64. The summed E-state index contributed by atoms with van der Waals surface area (Å²) >= 11 is 0. The van der Waals surface area contributed by atoms with Crippen LogP contribution in [0.4, 0.5) is 0 Å². The molecule has 0 aliphatic carbocycles. The van der Waals surface area contributed by atoms with Gasteiger partial charge in [0, 0.05) is 6.42 Å². The first kappa shape index (κ1) is 16.7. The van der Waals surface area contributed by atoms with Gasteiger partial charge in [-0.25, -0.2) is 4.98 Å². The third kappa shape index (κ3) is 4.02. The number of para-hydroxylation sites is 2. The fourth-order valence-electron chi connectivity index (χ4n) is 2.89. The van der Waals surface area contributed by atoms with Crippen molar-refractivity contribution in [2.24, 2.45) is 0 Å². The molecule has 24 heavy (non-hydrogen) atoms. The molecule has 3 rings (SSSR count). The van der Waals surface area contributed by atoms with Crippen molar-refractivity contribution in [3.63, 3.8) is 0 Å². The van der Waals surface area contributed by atoms with Crippen LogP contribution in [0, 0.1) is 0 Å². The van der Waals surface area contributed by atoms with Crippen LogP contribution in [0.3, 0.4) is 0 Å². The van der Waals surface area contributed by atoms with Crippen molar-refractivity contribution in [3.8, 4) is 0 Å². The Morgan fingerprint density at radius 2 is 1.83 bits per heavy atom. The minimum Gasteiger partial charge on any atom is -0.389 e. The number of ether oxygens (including phenoxy) is 1. The van der Waals surface area contributed by atoms with Gasteiger partial charge in [-0.1, -0.05) is 49.4 Å². The molecule has 126 valence electrons. The average Bonchev–Trinajstić information content (AvgIpc) is 2.94. The third-order valence-corrected chi connectivity index (χ3v) is 4.02. The van der Waals surface area contributed by atoms with Crippen LogP contribution in [0.25, 0.3) is 11.0 Å². The molecule has 0 aliphatic rings. The first-order valence-electron chi connectivity index (χ1n) is 8.51. The highest BCUT2D eigenvalue weighted by Crippen LogP contribution is 2.18. The number of aliphatic hydroxyl groups excluding tert-OH is 1. The molecule has 0 unspecified atom stereocenters. The maximum Gasteiger partial charge on any atom is 0.109 e. The summed E-state index contributed by atoms with van der Waals surface area (Å²) in [6.45, 7) is 3.48. The lowest BCUT2D eigenvalue weighted by Crippen LogP contribution is -2.23. The summed E-state index contributed by atoms with van der Waals surface area (Å²) in [5, 5.41) is 10.4. The van der Waals surface area contributed by atoms with Crippen LogP contribution in [-0.2, 0) is 24.3 Å². The van der Waals surface area contributed by atoms with E-state index in [-0.39, 0.29) is 0 Å². The Labute approximate surface area is 142 Å². The summed E-state index contributed by atoms with van der Waals surface area (Å²) < 4.78 is 7.78. The molecule has 4 heteroatoms. The lowest BCUT2D eigenvalue weighted by atomic mass is 10.2. The number of nitrogens with zero attached hydrogens (tertiary/aromatic N) is 2. The number of aromatic nitrogens is 2. The second-order valence-electron chi connectivity index (χ2n) is 6.03. The standard InChI is InChI=1S/C20H24N2O2/c1-2-8-20-21-18-11-6-7-12-19(18)22(20)13-17(23)15-24-14-16-9-4-3-5-10-16/h3-7,9-12,17,23H,2,8,13-15H2,1H3/t17-/m0/s1. The molecule has 1 heterocycles. The zero-order valence-electron chi connectivity index (χ0n) is 14.1. The summed E-state index contributed by atoms with van der Waals surface area (Å²) in [5.41, 5.74) is 3.17. The van der Waals surface area contributed by atoms with Gasteiger partial charge in [-0.15, -0.1) is 0 Å². The Bertz CT molecular complexity index is 768. The van der Waals surface area contributed by atoms with Crippen molar-refractivity contribution in [1.82, 2.24) is 9.55 Å². The Kier molecular flexibility index (Phi) is 5.62. The zero-order chi connectivity index (χ0) is 16.8. The molecule has 1 aromatic heterocycles. The van der Waals surface area contributed by atoms with Gasteiger partial charge in [0.25, 0.3) is 0 Å². The summed E-state index contributed by atoms with van der Waals surface area (Å²) in [7, 11) is 0. The van der Waals surface area contributed by atoms with Crippen LogP contribution in [-0.4, -0.2) is 27.4 Å². The molecule has 3 aromatic rings. The second kappa shape index (κ2) is 8.08. The van der Waals surface area contributed by atoms with Crippen LogP contribution in [0.5, 0.6) is 0 Å². The summed E-state index contributed by atoms with van der Waals surface area (Å²) in [5.74, 6) is 1.03. The highest BCUT2D eigenvalue weighted by Gasteiger charge is 2.13. The molecular weight excluding hydrogens is 300 g/mol. The predicted molar refractivity (Wildman–Crippen MR) is 95.8 cm³/mol. The minimum absolute atomic E-state index is 0.312. The van der Waals surface area contributed by atoms with Crippen LogP contribution in [0.2, 0.25) is 0 Å². The molecular formula is C20H24N2O2. The molecule has 1 atom stereocenters.